The van der Waals surface area contributed by atoms with Crippen LogP contribution in [0.1, 0.15) is 31.3 Å². The summed E-state index contributed by atoms with van der Waals surface area (Å²) in [6.45, 7) is 2.07. The molecule has 0 aliphatic heterocycles. The molecule has 160 valence electrons. The minimum atomic E-state index is -0.525. The number of H-pyrrole nitrogens is 1. The summed E-state index contributed by atoms with van der Waals surface area (Å²) in [7, 11) is 0. The van der Waals surface area contributed by atoms with E-state index in [1.807, 2.05) is 60.1 Å². The highest BCUT2D eigenvalue weighted by atomic mass is 35.5. The average Bonchev–Trinajstić information content (AvgIpc) is 3.49. The number of benzene rings is 2. The molecule has 0 saturated carbocycles. The molecule has 32 heavy (non-hydrogen) atoms. The molecule has 3 heterocycles. The van der Waals surface area contributed by atoms with Gasteiger partial charge in [-0.15, -0.1) is 11.3 Å². The van der Waals surface area contributed by atoms with Crippen molar-refractivity contribution >= 4 is 55.8 Å². The number of Topliss-reactive ketones (excluding diaryl/α,β-unsaturated/α-hetero) is 1. The van der Waals surface area contributed by atoms with Gasteiger partial charge in [0.25, 0.3) is 0 Å². The topological polar surface area (TPSA) is 77.0 Å². The minimum absolute atomic E-state index is 0.252. The maximum Gasteiger partial charge on any atom is 0.348 e. The number of carbonyl (C=O) groups excluding carboxylic acids is 2. The third-order valence-electron chi connectivity index (χ3n) is 5.31. The van der Waals surface area contributed by atoms with Gasteiger partial charge in [0.1, 0.15) is 9.71 Å². The second kappa shape index (κ2) is 8.26. The number of fused-ring (bicyclic) bond motifs is 2. The summed E-state index contributed by atoms with van der Waals surface area (Å²) >= 11 is 7.59. The maximum absolute atomic E-state index is 12.7. The van der Waals surface area contributed by atoms with Gasteiger partial charge in [-0.05, 0) is 30.7 Å². The molecule has 3 aromatic heterocycles. The van der Waals surface area contributed by atoms with Crippen molar-refractivity contribution in [1.82, 2.24) is 14.8 Å². The molecule has 2 aromatic carbocycles. The number of hydrogen-bond acceptors (Lipinski definition) is 5. The van der Waals surface area contributed by atoms with Gasteiger partial charge in [0.05, 0.1) is 12.2 Å². The van der Waals surface area contributed by atoms with E-state index in [1.54, 1.807) is 12.3 Å². The molecule has 0 aliphatic rings. The van der Waals surface area contributed by atoms with Gasteiger partial charge in [-0.3, -0.25) is 9.48 Å². The molecule has 0 aliphatic carbocycles. The number of aromatic amines is 1. The molecule has 0 spiro atoms. The number of nitrogens with one attached hydrogen (secondary N) is 1. The van der Waals surface area contributed by atoms with Gasteiger partial charge in [0, 0.05) is 33.1 Å². The minimum Gasteiger partial charge on any atom is -0.453 e. The van der Waals surface area contributed by atoms with Gasteiger partial charge in [-0.2, -0.15) is 5.10 Å². The molecule has 0 atom stereocenters. The zero-order valence-electron chi connectivity index (χ0n) is 17.1. The van der Waals surface area contributed by atoms with Crippen LogP contribution in [0.2, 0.25) is 5.02 Å². The summed E-state index contributed by atoms with van der Waals surface area (Å²) in [6.07, 6.45) is 1.65. The molecule has 1 N–H and O–H groups in total. The number of para-hydroxylation sites is 1. The van der Waals surface area contributed by atoms with E-state index in [4.69, 9.17) is 16.3 Å². The average molecular weight is 464 g/mol. The lowest BCUT2D eigenvalue weighted by molar-refractivity contribution is 0.0480. The van der Waals surface area contributed by atoms with E-state index >= 15 is 0 Å². The van der Waals surface area contributed by atoms with E-state index in [0.717, 1.165) is 32.4 Å². The van der Waals surface area contributed by atoms with Gasteiger partial charge in [0.2, 0.25) is 5.78 Å². The number of halogens is 1. The van der Waals surface area contributed by atoms with Crippen LogP contribution in [0.4, 0.5) is 0 Å². The molecular formula is C24H18ClN3O3S. The molecule has 5 rings (SSSR count). The quantitative estimate of drug-likeness (QED) is 0.261. The first-order valence-electron chi connectivity index (χ1n) is 9.98. The van der Waals surface area contributed by atoms with Crippen LogP contribution in [0, 0.1) is 6.92 Å². The number of aromatic nitrogens is 3. The molecule has 0 bridgehead atoms. The van der Waals surface area contributed by atoms with Crippen LogP contribution in [0.5, 0.6) is 0 Å². The highest BCUT2D eigenvalue weighted by molar-refractivity contribution is 7.20. The first-order chi connectivity index (χ1) is 15.5. The summed E-state index contributed by atoms with van der Waals surface area (Å²) in [5, 5.41) is 6.95. The number of esters is 1. The van der Waals surface area contributed by atoms with Gasteiger partial charge >= 0.3 is 5.97 Å². The number of hydrogen-bond donors (Lipinski definition) is 1. The first kappa shape index (κ1) is 20.5. The first-order valence-corrected chi connectivity index (χ1v) is 11.2. The smallest absolute Gasteiger partial charge is 0.348 e. The molecule has 5 aromatic rings. The van der Waals surface area contributed by atoms with Crippen molar-refractivity contribution in [2.24, 2.45) is 0 Å². The van der Waals surface area contributed by atoms with Crippen LogP contribution < -0.4 is 0 Å². The number of nitrogens with zero attached hydrogens (tertiary/aromatic N) is 2. The Bertz CT molecular complexity index is 1480. The van der Waals surface area contributed by atoms with Crippen molar-refractivity contribution in [3.63, 3.8) is 0 Å². The zero-order valence-corrected chi connectivity index (χ0v) is 18.7. The number of rotatable bonds is 6. The van der Waals surface area contributed by atoms with Crippen molar-refractivity contribution in [1.29, 1.82) is 0 Å². The Morgan fingerprint density at radius 2 is 1.91 bits per heavy atom. The predicted molar refractivity (Wildman–Crippen MR) is 126 cm³/mol. The molecular weight excluding hydrogens is 446 g/mol. The summed E-state index contributed by atoms with van der Waals surface area (Å²) in [6, 6.07) is 16.9. The lowest BCUT2D eigenvalue weighted by atomic mass is 10.1. The fourth-order valence-electron chi connectivity index (χ4n) is 3.69. The van der Waals surface area contributed by atoms with E-state index in [2.05, 4.69) is 10.1 Å². The Hall–Kier alpha value is -3.42. The Morgan fingerprint density at radius 1 is 1.12 bits per heavy atom. The molecule has 0 saturated heterocycles. The second-order valence-electron chi connectivity index (χ2n) is 7.41. The molecule has 0 amide bonds. The zero-order chi connectivity index (χ0) is 22.2. The van der Waals surface area contributed by atoms with Crippen LogP contribution in [-0.4, -0.2) is 33.1 Å². The highest BCUT2D eigenvalue weighted by Crippen LogP contribution is 2.30. The van der Waals surface area contributed by atoms with Crippen molar-refractivity contribution in [3.05, 3.63) is 87.5 Å². The third kappa shape index (κ3) is 3.70. The highest BCUT2D eigenvalue weighted by Gasteiger charge is 2.20. The van der Waals surface area contributed by atoms with Crippen LogP contribution in [0.25, 0.3) is 21.1 Å². The number of aryl methyl sites for hydroxylation is 1. The third-order valence-corrected chi connectivity index (χ3v) is 6.81. The van der Waals surface area contributed by atoms with Gasteiger partial charge in [0.15, 0.2) is 6.61 Å². The van der Waals surface area contributed by atoms with E-state index in [-0.39, 0.29) is 12.4 Å². The number of ketones is 1. The van der Waals surface area contributed by atoms with Crippen molar-refractivity contribution in [2.45, 2.75) is 13.5 Å². The lowest BCUT2D eigenvalue weighted by Crippen LogP contribution is -2.13. The van der Waals surface area contributed by atoms with E-state index in [9.17, 15) is 9.59 Å². The predicted octanol–water partition coefficient (Wildman–Crippen LogP) is 5.63. The largest absolute Gasteiger partial charge is 0.453 e. The Balaban J connectivity index is 1.34. The number of ether oxygens (including phenoxy) is 1. The van der Waals surface area contributed by atoms with Crippen LogP contribution in [0.15, 0.2) is 60.8 Å². The normalized spacial score (nSPS) is 11.3. The molecule has 8 heteroatoms. The lowest BCUT2D eigenvalue weighted by Gasteiger charge is -2.05. The van der Waals surface area contributed by atoms with Gasteiger partial charge in [-0.25, -0.2) is 4.79 Å². The summed E-state index contributed by atoms with van der Waals surface area (Å²) in [5.74, 6) is -0.777. The maximum atomic E-state index is 12.7. The van der Waals surface area contributed by atoms with Gasteiger partial charge < -0.3 is 9.72 Å². The molecule has 0 fully saturated rings. The fraction of sp³-hybridized carbons (Fsp3) is 0.125. The van der Waals surface area contributed by atoms with Crippen LogP contribution in [0.3, 0.4) is 0 Å². The SMILES string of the molecule is Cc1nn(Cc2ccccc2Cl)c2sc(C(=O)OCC(=O)c3c[nH]c4ccccc34)cc12. The number of thiophene rings is 1. The van der Waals surface area contributed by atoms with E-state index in [1.165, 1.54) is 11.3 Å². The Labute approximate surface area is 192 Å². The number of carbonyl (C=O) groups is 2. The van der Waals surface area contributed by atoms with Crippen LogP contribution >= 0.6 is 22.9 Å². The van der Waals surface area contributed by atoms with Crippen molar-refractivity contribution < 1.29 is 14.3 Å². The Kier molecular flexibility index (Phi) is 5.28. The van der Waals surface area contributed by atoms with Gasteiger partial charge in [-0.1, -0.05) is 48.0 Å². The molecule has 0 unspecified atom stereocenters. The second-order valence-corrected chi connectivity index (χ2v) is 8.85. The van der Waals surface area contributed by atoms with Crippen LogP contribution in [-0.2, 0) is 11.3 Å². The molecule has 0 radical (unpaired) electrons. The standard InChI is InChI=1S/C24H18ClN3O3S/c1-14-17-10-22(32-23(17)28(27-14)12-15-6-2-4-8-19(15)25)24(30)31-13-21(29)18-11-26-20-9-5-3-7-16(18)20/h2-11,26H,12-13H2,1H3. The summed E-state index contributed by atoms with van der Waals surface area (Å²) in [5.41, 5.74) is 3.14. The van der Waals surface area contributed by atoms with Crippen molar-refractivity contribution in [2.75, 3.05) is 6.61 Å². The fourth-order valence-corrected chi connectivity index (χ4v) is 4.94. The Morgan fingerprint density at radius 3 is 2.75 bits per heavy atom. The summed E-state index contributed by atoms with van der Waals surface area (Å²) < 4.78 is 7.17. The monoisotopic (exact) mass is 463 g/mol. The summed E-state index contributed by atoms with van der Waals surface area (Å²) in [4.78, 5) is 29.6. The van der Waals surface area contributed by atoms with E-state index < -0.39 is 5.97 Å². The van der Waals surface area contributed by atoms with Crippen molar-refractivity contribution in [3.8, 4) is 0 Å². The van der Waals surface area contributed by atoms with E-state index in [0.29, 0.717) is 22.0 Å². The molecule has 6 nitrogen and oxygen atoms in total.